The number of carbonyl (C=O) groups is 1. The summed E-state index contributed by atoms with van der Waals surface area (Å²) < 4.78 is 11.5. The minimum absolute atomic E-state index is 0.0500. The number of carbonyl (C=O) groups excluding carboxylic acids is 1. The lowest BCUT2D eigenvalue weighted by molar-refractivity contribution is 0.0996. The Bertz CT molecular complexity index is 955. The number of hydrogen-bond donors (Lipinski definition) is 2. The largest absolute Gasteiger partial charge is 0.490 e. The molecule has 2 aromatic carbocycles. The van der Waals surface area contributed by atoms with Gasteiger partial charge in [-0.1, -0.05) is 29.3 Å². The maximum atomic E-state index is 11.5. The van der Waals surface area contributed by atoms with Crippen molar-refractivity contribution in [1.29, 1.82) is 0 Å². The lowest BCUT2D eigenvalue weighted by Crippen LogP contribution is -2.12. The van der Waals surface area contributed by atoms with Crippen molar-refractivity contribution in [2.45, 2.75) is 13.5 Å². The van der Waals surface area contributed by atoms with Crippen LogP contribution in [0.25, 0.3) is 11.3 Å². The van der Waals surface area contributed by atoms with Crippen LogP contribution in [0, 0.1) is 0 Å². The van der Waals surface area contributed by atoms with E-state index in [9.17, 15) is 4.79 Å². The van der Waals surface area contributed by atoms with Gasteiger partial charge in [-0.2, -0.15) is 15.4 Å². The molecule has 27 heavy (non-hydrogen) atoms. The molecule has 3 N–H and O–H groups in total. The van der Waals surface area contributed by atoms with Crippen molar-refractivity contribution in [3.63, 3.8) is 0 Å². The van der Waals surface area contributed by atoms with Crippen LogP contribution in [-0.2, 0) is 6.61 Å². The van der Waals surface area contributed by atoms with E-state index in [0.29, 0.717) is 45.0 Å². The Morgan fingerprint density at radius 3 is 2.52 bits per heavy atom. The fourth-order valence-corrected chi connectivity index (χ4v) is 2.97. The molecule has 0 atom stereocenters. The quantitative estimate of drug-likeness (QED) is 0.619. The van der Waals surface area contributed by atoms with Crippen molar-refractivity contribution in [3.05, 3.63) is 57.7 Å². The molecule has 3 aromatic rings. The molecule has 0 saturated carbocycles. The standard InChI is InChI=1S/C18H16Cl2N4O3/c1-2-26-15-8-10(16-17(18(21)25)23-24-22-16)6-7-14(15)27-9-11-12(19)4-3-5-13(11)20/h3-8H,2,9H2,1H3,(H2,21,25)(H,22,23,24). The average molecular weight is 407 g/mol. The first-order valence-electron chi connectivity index (χ1n) is 8.04. The number of aromatic nitrogens is 3. The number of primary amides is 1. The van der Waals surface area contributed by atoms with Crippen LogP contribution in [0.2, 0.25) is 10.0 Å². The number of nitrogens with two attached hydrogens (primary N) is 1. The number of hydrogen-bond acceptors (Lipinski definition) is 5. The number of aromatic amines is 1. The summed E-state index contributed by atoms with van der Waals surface area (Å²) in [7, 11) is 0. The molecule has 0 unspecified atom stereocenters. The first-order valence-corrected chi connectivity index (χ1v) is 8.80. The van der Waals surface area contributed by atoms with Gasteiger partial charge in [-0.15, -0.1) is 0 Å². The number of nitrogens with one attached hydrogen (secondary N) is 1. The number of halogens is 2. The van der Waals surface area contributed by atoms with Crippen LogP contribution in [0.4, 0.5) is 0 Å². The predicted octanol–water partition coefficient (Wildman–Crippen LogP) is 3.86. The molecule has 7 nitrogen and oxygen atoms in total. The molecule has 1 heterocycles. The van der Waals surface area contributed by atoms with E-state index in [1.807, 2.05) is 6.92 Å². The molecular formula is C18H16Cl2N4O3. The highest BCUT2D eigenvalue weighted by Gasteiger charge is 2.17. The molecule has 1 amide bonds. The highest BCUT2D eigenvalue weighted by molar-refractivity contribution is 6.35. The summed E-state index contributed by atoms with van der Waals surface area (Å²) in [6.07, 6.45) is 0. The molecule has 3 rings (SSSR count). The third kappa shape index (κ3) is 4.15. The predicted molar refractivity (Wildman–Crippen MR) is 102 cm³/mol. The van der Waals surface area contributed by atoms with Crippen LogP contribution in [-0.4, -0.2) is 27.9 Å². The van der Waals surface area contributed by atoms with Crippen molar-refractivity contribution in [1.82, 2.24) is 15.4 Å². The van der Waals surface area contributed by atoms with E-state index >= 15 is 0 Å². The van der Waals surface area contributed by atoms with E-state index in [0.717, 1.165) is 0 Å². The first kappa shape index (κ1) is 19.0. The van der Waals surface area contributed by atoms with Crippen LogP contribution in [0.1, 0.15) is 23.0 Å². The Morgan fingerprint density at radius 2 is 1.85 bits per heavy atom. The van der Waals surface area contributed by atoms with Gasteiger partial charge in [0.15, 0.2) is 17.2 Å². The molecule has 0 spiro atoms. The summed E-state index contributed by atoms with van der Waals surface area (Å²) in [5, 5.41) is 11.2. The third-order valence-corrected chi connectivity index (χ3v) is 4.44. The highest BCUT2D eigenvalue weighted by Crippen LogP contribution is 2.34. The molecular weight excluding hydrogens is 391 g/mol. The molecule has 0 fully saturated rings. The molecule has 0 radical (unpaired) electrons. The monoisotopic (exact) mass is 406 g/mol. The number of H-pyrrole nitrogens is 1. The molecule has 140 valence electrons. The van der Waals surface area contributed by atoms with E-state index in [1.165, 1.54) is 0 Å². The minimum atomic E-state index is -0.676. The summed E-state index contributed by atoms with van der Waals surface area (Å²) >= 11 is 12.4. The van der Waals surface area contributed by atoms with Crippen molar-refractivity contribution in [2.24, 2.45) is 5.73 Å². The van der Waals surface area contributed by atoms with Crippen molar-refractivity contribution in [2.75, 3.05) is 6.61 Å². The van der Waals surface area contributed by atoms with Crippen molar-refractivity contribution in [3.8, 4) is 22.8 Å². The first-order chi connectivity index (χ1) is 13.0. The number of rotatable bonds is 7. The number of benzene rings is 2. The van der Waals surface area contributed by atoms with Gasteiger partial charge in [0.2, 0.25) is 0 Å². The highest BCUT2D eigenvalue weighted by atomic mass is 35.5. The Kier molecular flexibility index (Phi) is 5.83. The minimum Gasteiger partial charge on any atom is -0.490 e. The maximum Gasteiger partial charge on any atom is 0.271 e. The zero-order valence-electron chi connectivity index (χ0n) is 14.3. The van der Waals surface area contributed by atoms with Crippen LogP contribution >= 0.6 is 23.2 Å². The second-order valence-electron chi connectivity index (χ2n) is 5.47. The third-order valence-electron chi connectivity index (χ3n) is 3.73. The summed E-state index contributed by atoms with van der Waals surface area (Å²) in [5.74, 6) is 0.308. The van der Waals surface area contributed by atoms with Gasteiger partial charge in [-0.25, -0.2) is 0 Å². The number of amides is 1. The lowest BCUT2D eigenvalue weighted by Gasteiger charge is -2.14. The van der Waals surface area contributed by atoms with Crippen LogP contribution < -0.4 is 15.2 Å². The smallest absolute Gasteiger partial charge is 0.271 e. The van der Waals surface area contributed by atoms with Gasteiger partial charge in [0.05, 0.1) is 6.61 Å². The summed E-state index contributed by atoms with van der Waals surface area (Å²) in [5.41, 5.74) is 7.00. The molecule has 0 aliphatic carbocycles. The summed E-state index contributed by atoms with van der Waals surface area (Å²) in [6.45, 7) is 2.45. The molecule has 0 aliphatic rings. The normalized spacial score (nSPS) is 10.6. The molecule has 9 heteroatoms. The fraction of sp³-hybridized carbons (Fsp3) is 0.167. The SMILES string of the molecule is CCOc1cc(-c2n[nH]nc2C(N)=O)ccc1OCc1c(Cl)cccc1Cl. The van der Waals surface area contributed by atoms with Gasteiger partial charge in [-0.3, -0.25) is 4.79 Å². The van der Waals surface area contributed by atoms with Crippen molar-refractivity contribution < 1.29 is 14.3 Å². The molecule has 0 bridgehead atoms. The zero-order chi connectivity index (χ0) is 19.4. The van der Waals surface area contributed by atoms with E-state index in [-0.39, 0.29) is 12.3 Å². The molecule has 0 aliphatic heterocycles. The number of nitrogens with zero attached hydrogens (tertiary/aromatic N) is 2. The zero-order valence-corrected chi connectivity index (χ0v) is 15.8. The van der Waals surface area contributed by atoms with E-state index in [4.69, 9.17) is 38.4 Å². The van der Waals surface area contributed by atoms with Crippen molar-refractivity contribution >= 4 is 29.1 Å². The van der Waals surface area contributed by atoms with Crippen LogP contribution in [0.5, 0.6) is 11.5 Å². The number of ether oxygens (including phenoxy) is 2. The van der Waals surface area contributed by atoms with E-state index in [1.54, 1.807) is 36.4 Å². The second-order valence-corrected chi connectivity index (χ2v) is 6.28. The molecule has 1 aromatic heterocycles. The van der Waals surface area contributed by atoms with Gasteiger partial charge in [0, 0.05) is 21.2 Å². The van der Waals surface area contributed by atoms with Crippen LogP contribution in [0.15, 0.2) is 36.4 Å². The Hall–Kier alpha value is -2.77. The van der Waals surface area contributed by atoms with E-state index < -0.39 is 5.91 Å². The van der Waals surface area contributed by atoms with Crippen LogP contribution in [0.3, 0.4) is 0 Å². The fourth-order valence-electron chi connectivity index (χ4n) is 2.47. The summed E-state index contributed by atoms with van der Waals surface area (Å²) in [6, 6.07) is 10.4. The topological polar surface area (TPSA) is 103 Å². The summed E-state index contributed by atoms with van der Waals surface area (Å²) in [4.78, 5) is 11.5. The lowest BCUT2D eigenvalue weighted by atomic mass is 10.1. The molecule has 0 saturated heterocycles. The Morgan fingerprint density at radius 1 is 1.11 bits per heavy atom. The maximum absolute atomic E-state index is 11.5. The van der Waals surface area contributed by atoms with Gasteiger partial charge in [-0.05, 0) is 37.3 Å². The average Bonchev–Trinajstić information content (AvgIpc) is 3.12. The van der Waals surface area contributed by atoms with Gasteiger partial charge < -0.3 is 15.2 Å². The second kappa shape index (κ2) is 8.28. The Balaban J connectivity index is 1.90. The van der Waals surface area contributed by atoms with Gasteiger partial charge >= 0.3 is 0 Å². The van der Waals surface area contributed by atoms with Gasteiger partial charge in [0.25, 0.3) is 5.91 Å². The van der Waals surface area contributed by atoms with Gasteiger partial charge in [0.1, 0.15) is 12.3 Å². The Labute approximate surface area is 165 Å². The van der Waals surface area contributed by atoms with E-state index in [2.05, 4.69) is 15.4 Å².